The summed E-state index contributed by atoms with van der Waals surface area (Å²) in [4.78, 5) is 1.51. The van der Waals surface area contributed by atoms with E-state index in [1.165, 1.54) is 63.2 Å². The van der Waals surface area contributed by atoms with Crippen LogP contribution < -0.4 is 0 Å². The molecule has 0 saturated carbocycles. The van der Waals surface area contributed by atoms with Crippen molar-refractivity contribution in [3.8, 4) is 0 Å². The van der Waals surface area contributed by atoms with Crippen LogP contribution in [0.2, 0.25) is 0 Å². The van der Waals surface area contributed by atoms with E-state index in [4.69, 9.17) is 4.74 Å². The van der Waals surface area contributed by atoms with Crippen molar-refractivity contribution in [1.29, 1.82) is 0 Å². The molecule has 0 unspecified atom stereocenters. The second-order valence-electron chi connectivity index (χ2n) is 7.37. The molecule has 0 aliphatic rings. The van der Waals surface area contributed by atoms with E-state index in [9.17, 15) is 10.2 Å². The van der Waals surface area contributed by atoms with Crippen LogP contribution in [0.15, 0.2) is 0 Å². The monoisotopic (exact) mass is 367 g/mol. The Labute approximate surface area is 156 Å². The van der Waals surface area contributed by atoms with Gasteiger partial charge in [-0.3, -0.25) is 4.90 Å². The van der Waals surface area contributed by atoms with Gasteiger partial charge in [0, 0.05) is 26.7 Å². The summed E-state index contributed by atoms with van der Waals surface area (Å²) in [7, 11) is 1.70. The van der Waals surface area contributed by atoms with Crippen LogP contribution in [0.25, 0.3) is 0 Å². The van der Waals surface area contributed by atoms with Crippen molar-refractivity contribution >= 4 is 12.4 Å². The van der Waals surface area contributed by atoms with Gasteiger partial charge in [0.15, 0.2) is 0 Å². The van der Waals surface area contributed by atoms with E-state index < -0.39 is 5.91 Å². The fraction of sp³-hybridized carbons (Fsp3) is 1.00. The first-order valence-electron chi connectivity index (χ1n) is 9.57. The van der Waals surface area contributed by atoms with Gasteiger partial charge in [0.2, 0.25) is 5.91 Å². The van der Waals surface area contributed by atoms with Crippen LogP contribution in [0.4, 0.5) is 0 Å². The molecule has 2 N–H and O–H groups in total. The molecule has 5 heteroatoms. The van der Waals surface area contributed by atoms with Crippen LogP contribution in [-0.4, -0.2) is 47.8 Å². The van der Waals surface area contributed by atoms with E-state index in [1.54, 1.807) is 7.05 Å². The second kappa shape index (κ2) is 16.6. The Hall–Kier alpha value is 0.130. The molecule has 0 heterocycles. The summed E-state index contributed by atoms with van der Waals surface area (Å²) in [6.07, 6.45) is 12.9. The third-order valence-corrected chi connectivity index (χ3v) is 4.33. The zero-order valence-corrected chi connectivity index (χ0v) is 17.2. The molecule has 148 valence electrons. The molecular weight excluding hydrogens is 326 g/mol. The number of hydrogen-bond donors (Lipinski definition) is 2. The third-order valence-electron chi connectivity index (χ3n) is 4.33. The summed E-state index contributed by atoms with van der Waals surface area (Å²) >= 11 is 0. The number of hydrogen-bond acceptors (Lipinski definition) is 4. The molecule has 0 fully saturated rings. The largest absolute Gasteiger partial charge is 0.381 e. The Morgan fingerprint density at radius 1 is 0.833 bits per heavy atom. The lowest BCUT2D eigenvalue weighted by molar-refractivity contribution is -0.242. The van der Waals surface area contributed by atoms with Gasteiger partial charge in [-0.05, 0) is 25.8 Å². The number of halogens is 1. The van der Waals surface area contributed by atoms with Gasteiger partial charge < -0.3 is 14.9 Å². The maximum absolute atomic E-state index is 9.34. The van der Waals surface area contributed by atoms with E-state index in [1.807, 2.05) is 0 Å². The lowest BCUT2D eigenvalue weighted by Crippen LogP contribution is -2.44. The maximum Gasteiger partial charge on any atom is 0.221 e. The highest BCUT2D eigenvalue weighted by molar-refractivity contribution is 5.85. The predicted molar refractivity (Wildman–Crippen MR) is 105 cm³/mol. The van der Waals surface area contributed by atoms with Crippen LogP contribution in [-0.2, 0) is 4.74 Å². The molecule has 0 aliphatic heterocycles. The summed E-state index contributed by atoms with van der Waals surface area (Å²) < 4.78 is 5.59. The van der Waals surface area contributed by atoms with Gasteiger partial charge in [-0.1, -0.05) is 65.2 Å². The van der Waals surface area contributed by atoms with Crippen LogP contribution in [0.3, 0.4) is 0 Å². The minimum Gasteiger partial charge on any atom is -0.381 e. The molecule has 0 spiro atoms. The zero-order chi connectivity index (χ0) is 17.6. The van der Waals surface area contributed by atoms with Gasteiger partial charge in [-0.15, -0.1) is 12.4 Å². The predicted octanol–water partition coefficient (Wildman–Crippen LogP) is 4.57. The number of nitrogens with zero attached hydrogens (tertiary/aromatic N) is 1. The average molecular weight is 368 g/mol. The van der Waals surface area contributed by atoms with E-state index in [2.05, 4.69) is 13.8 Å². The van der Waals surface area contributed by atoms with E-state index in [-0.39, 0.29) is 12.4 Å². The fourth-order valence-corrected chi connectivity index (χ4v) is 2.54. The van der Waals surface area contributed by atoms with Crippen molar-refractivity contribution in [2.45, 2.75) is 90.9 Å². The highest BCUT2D eigenvalue weighted by atomic mass is 35.5. The third kappa shape index (κ3) is 18.5. The maximum atomic E-state index is 9.34. The molecule has 24 heavy (non-hydrogen) atoms. The Morgan fingerprint density at radius 3 is 1.79 bits per heavy atom. The van der Waals surface area contributed by atoms with Crippen molar-refractivity contribution in [2.75, 3.05) is 26.8 Å². The molecule has 0 amide bonds. The van der Waals surface area contributed by atoms with Crippen LogP contribution in [0.1, 0.15) is 85.0 Å². The number of ether oxygens (including phenoxy) is 1. The van der Waals surface area contributed by atoms with Crippen LogP contribution >= 0.6 is 12.4 Å². The van der Waals surface area contributed by atoms with Gasteiger partial charge in [0.25, 0.3) is 0 Å². The molecule has 0 aromatic rings. The first-order valence-corrected chi connectivity index (χ1v) is 9.57. The van der Waals surface area contributed by atoms with Gasteiger partial charge in [-0.25, -0.2) is 0 Å². The highest BCUT2D eigenvalue weighted by Gasteiger charge is 2.20. The summed E-state index contributed by atoms with van der Waals surface area (Å²) in [5.41, 5.74) is 0. The summed E-state index contributed by atoms with van der Waals surface area (Å²) in [5.74, 6) is -0.874. The molecule has 0 atom stereocenters. The minimum absolute atomic E-state index is 0. The first kappa shape index (κ1) is 26.4. The fourth-order valence-electron chi connectivity index (χ4n) is 2.54. The van der Waals surface area contributed by atoms with Crippen molar-refractivity contribution in [3.05, 3.63) is 0 Å². The molecule has 0 aromatic heterocycles. The topological polar surface area (TPSA) is 52.9 Å². The van der Waals surface area contributed by atoms with Gasteiger partial charge in [-0.2, -0.15) is 0 Å². The molecule has 0 saturated heterocycles. The number of unbranched alkanes of at least 4 members (excludes halogenated alkanes) is 7. The smallest absolute Gasteiger partial charge is 0.221 e. The normalized spacial score (nSPS) is 12.0. The Kier molecular flexibility index (Phi) is 18.2. The Bertz CT molecular complexity index is 257. The minimum atomic E-state index is -1.73. The van der Waals surface area contributed by atoms with Crippen molar-refractivity contribution < 1.29 is 14.9 Å². The second-order valence-corrected chi connectivity index (χ2v) is 7.37. The first-order chi connectivity index (χ1) is 10.8. The SMILES string of the molecule is CC(C)CCCCCCCCCCOCCCN(C)C(C)(O)O.Cl. The summed E-state index contributed by atoms with van der Waals surface area (Å²) in [6.45, 7) is 8.12. The molecular formula is C19H42ClNO3. The average Bonchev–Trinajstić information content (AvgIpc) is 2.46. The summed E-state index contributed by atoms with van der Waals surface area (Å²) in [5, 5.41) is 18.7. The Morgan fingerprint density at radius 2 is 1.29 bits per heavy atom. The molecule has 0 aromatic carbocycles. The van der Waals surface area contributed by atoms with Gasteiger partial charge in [0.1, 0.15) is 0 Å². The van der Waals surface area contributed by atoms with Crippen molar-refractivity contribution in [1.82, 2.24) is 4.90 Å². The molecule has 0 bridgehead atoms. The number of aliphatic hydroxyl groups is 2. The summed E-state index contributed by atoms with van der Waals surface area (Å²) in [6, 6.07) is 0. The van der Waals surface area contributed by atoms with Crippen LogP contribution in [0.5, 0.6) is 0 Å². The molecule has 4 nitrogen and oxygen atoms in total. The zero-order valence-electron chi connectivity index (χ0n) is 16.4. The van der Waals surface area contributed by atoms with Crippen molar-refractivity contribution in [2.24, 2.45) is 5.92 Å². The molecule has 0 rings (SSSR count). The quantitative estimate of drug-likeness (QED) is 0.310. The van der Waals surface area contributed by atoms with E-state index in [0.29, 0.717) is 13.2 Å². The Balaban J connectivity index is 0. The highest BCUT2D eigenvalue weighted by Crippen LogP contribution is 2.12. The van der Waals surface area contributed by atoms with Gasteiger partial charge in [0.05, 0.1) is 0 Å². The van der Waals surface area contributed by atoms with Crippen molar-refractivity contribution in [3.63, 3.8) is 0 Å². The lowest BCUT2D eigenvalue weighted by Gasteiger charge is -2.28. The van der Waals surface area contributed by atoms with E-state index >= 15 is 0 Å². The standard InChI is InChI=1S/C19H41NO3.ClH/c1-18(2)14-11-9-7-5-6-8-10-12-16-23-17-13-15-20(4)19(3,21)22;/h18,21-22H,5-17H2,1-4H3;1H. The van der Waals surface area contributed by atoms with Crippen LogP contribution in [0, 0.1) is 5.92 Å². The number of rotatable bonds is 16. The molecule has 0 aliphatic carbocycles. The lowest BCUT2D eigenvalue weighted by atomic mass is 10.0. The van der Waals surface area contributed by atoms with Gasteiger partial charge >= 0.3 is 0 Å². The van der Waals surface area contributed by atoms with E-state index in [0.717, 1.165) is 25.4 Å². The molecule has 0 radical (unpaired) electrons.